The Kier molecular flexibility index (Phi) is 9.59. The first kappa shape index (κ1) is 36.5. The predicted octanol–water partition coefficient (Wildman–Crippen LogP) is 3.03. The minimum absolute atomic E-state index is 0.0263. The van der Waals surface area contributed by atoms with Crippen LogP contribution in [0.2, 0.25) is 0 Å². The van der Waals surface area contributed by atoms with E-state index in [0.717, 1.165) is 9.87 Å². The van der Waals surface area contributed by atoms with Crippen molar-refractivity contribution in [2.45, 2.75) is 42.5 Å². The van der Waals surface area contributed by atoms with Crippen molar-refractivity contribution in [2.75, 3.05) is 26.5 Å². The molecule has 6 rings (SSSR count). The van der Waals surface area contributed by atoms with Crippen molar-refractivity contribution in [3.05, 3.63) is 101 Å². The van der Waals surface area contributed by atoms with Crippen LogP contribution in [0, 0.1) is 0 Å². The summed E-state index contributed by atoms with van der Waals surface area (Å²) in [4.78, 5) is 56.0. The zero-order valence-electron chi connectivity index (χ0n) is 28.6. The second-order valence-electron chi connectivity index (χ2n) is 13.1. The maximum Gasteiger partial charge on any atom is 0.355 e. The molecule has 0 unspecified atom stereocenters. The number of H-pyrrole nitrogens is 1. The van der Waals surface area contributed by atoms with Crippen LogP contribution < -0.4 is 5.32 Å². The largest absolute Gasteiger partial charge is 0.477 e. The minimum atomic E-state index is -4.24. The molecule has 0 saturated carbocycles. The summed E-state index contributed by atoms with van der Waals surface area (Å²) in [7, 11) is -5.16. The topological polar surface area (TPSA) is 200 Å². The van der Waals surface area contributed by atoms with Crippen molar-refractivity contribution in [1.29, 1.82) is 0 Å². The lowest BCUT2D eigenvalue weighted by atomic mass is 9.97. The van der Waals surface area contributed by atoms with E-state index in [2.05, 4.69) is 10.3 Å². The number of aromatic amines is 1. The predicted molar refractivity (Wildman–Crippen MR) is 190 cm³/mol. The molecule has 14 nitrogen and oxygen atoms in total. The molecule has 1 saturated heterocycles. The molecule has 0 aliphatic carbocycles. The zero-order chi connectivity index (χ0) is 37.7. The molecule has 52 heavy (non-hydrogen) atoms. The number of aliphatic carboxylic acids is 1. The first-order valence-electron chi connectivity index (χ1n) is 16.2. The molecule has 2 atom stereocenters. The Balaban J connectivity index is 1.30. The quantitative estimate of drug-likeness (QED) is 0.151. The second kappa shape index (κ2) is 13.7. The van der Waals surface area contributed by atoms with E-state index in [9.17, 15) is 41.1 Å². The highest BCUT2D eigenvalue weighted by molar-refractivity contribution is 7.92. The number of rotatable bonds is 11. The third-order valence-corrected chi connectivity index (χ3v) is 12.9. The van der Waals surface area contributed by atoms with Crippen LogP contribution in [0.15, 0.2) is 89.0 Å². The lowest BCUT2D eigenvalue weighted by Gasteiger charge is -2.48. The Morgan fingerprint density at radius 3 is 2.31 bits per heavy atom. The molecule has 272 valence electrons. The zero-order valence-corrected chi connectivity index (χ0v) is 30.2. The number of para-hydroxylation sites is 1. The molecular formula is C36H36N4O10S2. The molecule has 16 heteroatoms. The van der Waals surface area contributed by atoms with E-state index in [1.165, 1.54) is 26.2 Å². The molecule has 3 N–H and O–H groups in total. The van der Waals surface area contributed by atoms with Crippen molar-refractivity contribution < 1.29 is 45.9 Å². The van der Waals surface area contributed by atoms with Crippen LogP contribution in [0.5, 0.6) is 0 Å². The normalized spacial score (nSPS) is 18.3. The maximum atomic E-state index is 13.8. The molecule has 0 bridgehead atoms. The Morgan fingerprint density at radius 2 is 1.69 bits per heavy atom. The molecule has 4 aromatic rings. The van der Waals surface area contributed by atoms with Crippen LogP contribution in [0.4, 0.5) is 0 Å². The summed E-state index contributed by atoms with van der Waals surface area (Å²) in [6.07, 6.45) is -0.117. The first-order valence-corrected chi connectivity index (χ1v) is 19.4. The van der Waals surface area contributed by atoms with Gasteiger partial charge in [-0.15, -0.1) is 0 Å². The lowest BCUT2D eigenvalue weighted by Crippen LogP contribution is -2.75. The molecule has 2 aliphatic heterocycles. The number of hydrogen-bond acceptors (Lipinski definition) is 9. The monoisotopic (exact) mass is 748 g/mol. The number of aromatic nitrogens is 1. The van der Waals surface area contributed by atoms with Gasteiger partial charge in [0.2, 0.25) is 15.9 Å². The number of hydrogen-bond donors (Lipinski definition) is 3. The summed E-state index contributed by atoms with van der Waals surface area (Å²) in [5.41, 5.74) is 2.04. The number of carbonyl (C=O) groups excluding carboxylic acids is 3. The summed E-state index contributed by atoms with van der Waals surface area (Å²) >= 11 is 0. The van der Waals surface area contributed by atoms with Gasteiger partial charge in [-0.2, -0.15) is 0 Å². The van der Waals surface area contributed by atoms with Crippen molar-refractivity contribution in [3.8, 4) is 11.1 Å². The fourth-order valence-electron chi connectivity index (χ4n) is 6.54. The van der Waals surface area contributed by atoms with Gasteiger partial charge in [0.15, 0.2) is 15.2 Å². The minimum Gasteiger partial charge on any atom is -0.477 e. The van der Waals surface area contributed by atoms with Crippen LogP contribution in [0.25, 0.3) is 22.0 Å². The number of carboxylic acid groups (broad SMARTS) is 1. The number of β-lactam (4-membered cyclic amide) rings is 1. The number of amides is 2. The smallest absolute Gasteiger partial charge is 0.355 e. The van der Waals surface area contributed by atoms with Crippen LogP contribution >= 0.6 is 0 Å². The highest BCUT2D eigenvalue weighted by Gasteiger charge is 2.60. The van der Waals surface area contributed by atoms with Crippen LogP contribution in [0.3, 0.4) is 0 Å². The van der Waals surface area contributed by atoms with Crippen LogP contribution in [-0.4, -0.2) is 97.8 Å². The second-order valence-corrected chi connectivity index (χ2v) is 17.3. The van der Waals surface area contributed by atoms with E-state index in [1.807, 2.05) is 26.0 Å². The number of fused-ring (bicyclic) bond motifs is 2. The summed E-state index contributed by atoms with van der Waals surface area (Å²) < 4.78 is 59.0. The van der Waals surface area contributed by atoms with Gasteiger partial charge in [-0.05, 0) is 34.7 Å². The van der Waals surface area contributed by atoms with Gasteiger partial charge in [-0.1, -0.05) is 74.5 Å². The average molecular weight is 749 g/mol. The van der Waals surface area contributed by atoms with Gasteiger partial charge in [0.1, 0.15) is 24.0 Å². The number of nitrogens with zero attached hydrogens (tertiary/aromatic N) is 2. The third-order valence-electron chi connectivity index (χ3n) is 9.08. The van der Waals surface area contributed by atoms with Crippen molar-refractivity contribution >= 4 is 54.5 Å². The Hall–Kier alpha value is -5.32. The van der Waals surface area contributed by atoms with Crippen LogP contribution in [-0.2, 0) is 45.4 Å². The summed E-state index contributed by atoms with van der Waals surface area (Å²) in [6.45, 7) is 3.18. The maximum absolute atomic E-state index is 13.8. The molecule has 2 aliphatic rings. The molecule has 3 aromatic carbocycles. The number of carboxylic acids is 1. The molecule has 0 radical (unpaired) electrons. The summed E-state index contributed by atoms with van der Waals surface area (Å²) in [5, 5.41) is 11.6. The molecule has 1 fully saturated rings. The Bertz CT molecular complexity index is 2370. The van der Waals surface area contributed by atoms with Gasteiger partial charge in [-0.3, -0.25) is 14.5 Å². The van der Waals surface area contributed by atoms with E-state index < -0.39 is 73.1 Å². The van der Waals surface area contributed by atoms with Gasteiger partial charge < -0.3 is 20.1 Å². The highest BCUT2D eigenvalue weighted by Crippen LogP contribution is 2.39. The fraction of sp³-hybridized carbons (Fsp3) is 0.278. The van der Waals surface area contributed by atoms with Crippen molar-refractivity contribution in [1.82, 2.24) is 19.5 Å². The van der Waals surface area contributed by atoms with Crippen molar-refractivity contribution in [3.63, 3.8) is 0 Å². The van der Waals surface area contributed by atoms with Gasteiger partial charge in [0.25, 0.3) is 5.91 Å². The van der Waals surface area contributed by atoms with E-state index in [4.69, 9.17) is 4.74 Å². The molecule has 2 amide bonds. The SMILES string of the molecule is CC(C)c1cccc2c(-c3ccc(S(=O)(=O)N(C)C)cc3)c(C(=O)OCC3=C(C(=O)O)N4C(=O)[C@@H](NC(=O)Cc5ccccc5)[C@H]4S(=O)(=O)C3)[nH]c12. The Labute approximate surface area is 300 Å². The fourth-order valence-corrected chi connectivity index (χ4v) is 9.45. The standard InChI is InChI=1S/C36H36N4O10S2/c1-20(2)25-11-8-12-26-28(22-13-15-24(16-14-22)52(48,49)39(3)4)30(38-29(25)26)36(45)50-18-23-19-51(46,47)34-31(33(42)40(34)32(23)35(43)44)37-27(41)17-21-9-6-5-7-10-21/h5-16,20,31,34,38H,17-19H2,1-4H3,(H,37,41)(H,43,44)/t31-,34-/m1/s1. The van der Waals surface area contributed by atoms with Gasteiger partial charge in [0.05, 0.1) is 22.6 Å². The summed E-state index contributed by atoms with van der Waals surface area (Å²) in [5.74, 6) is -4.87. The Morgan fingerprint density at radius 1 is 1.02 bits per heavy atom. The summed E-state index contributed by atoms with van der Waals surface area (Å²) in [6, 6.07) is 18.6. The van der Waals surface area contributed by atoms with E-state index in [1.54, 1.807) is 48.5 Å². The molecular weight excluding hydrogens is 713 g/mol. The number of benzene rings is 3. The molecule has 0 spiro atoms. The number of nitrogens with one attached hydrogen (secondary N) is 2. The number of sulfone groups is 1. The number of sulfonamides is 1. The van der Waals surface area contributed by atoms with Gasteiger partial charge in [0, 0.05) is 30.6 Å². The highest BCUT2D eigenvalue weighted by atomic mass is 32.2. The van der Waals surface area contributed by atoms with Gasteiger partial charge >= 0.3 is 11.9 Å². The number of esters is 1. The lowest BCUT2D eigenvalue weighted by molar-refractivity contribution is -0.151. The van der Waals surface area contributed by atoms with Crippen molar-refractivity contribution in [2.24, 2.45) is 0 Å². The van der Waals surface area contributed by atoms with Crippen LogP contribution in [0.1, 0.15) is 41.4 Å². The van der Waals surface area contributed by atoms with E-state index in [-0.39, 0.29) is 28.5 Å². The van der Waals surface area contributed by atoms with Gasteiger partial charge in [-0.25, -0.2) is 30.7 Å². The van der Waals surface area contributed by atoms with E-state index >= 15 is 0 Å². The third kappa shape index (κ3) is 6.48. The number of carbonyl (C=O) groups is 4. The van der Waals surface area contributed by atoms with E-state index in [0.29, 0.717) is 32.5 Å². The average Bonchev–Trinajstić information content (AvgIpc) is 3.49. The first-order chi connectivity index (χ1) is 24.5. The number of ether oxygens (including phenoxy) is 1. The molecule has 3 heterocycles. The molecule has 1 aromatic heterocycles.